The van der Waals surface area contributed by atoms with E-state index < -0.39 is 18.0 Å². The predicted molar refractivity (Wildman–Crippen MR) is 46.9 cm³/mol. The van der Waals surface area contributed by atoms with Crippen molar-refractivity contribution in [2.75, 3.05) is 0 Å². The van der Waals surface area contributed by atoms with Crippen molar-refractivity contribution in [2.24, 2.45) is 11.8 Å². The lowest BCUT2D eigenvalue weighted by Gasteiger charge is -2.18. The van der Waals surface area contributed by atoms with E-state index in [0.29, 0.717) is 12.8 Å². The average Bonchev–Trinajstić information content (AvgIpc) is 1.98. The highest BCUT2D eigenvalue weighted by Crippen LogP contribution is 2.18. The van der Waals surface area contributed by atoms with Gasteiger partial charge < -0.3 is 10.2 Å². The largest absolute Gasteiger partial charge is 0.481 e. The fraction of sp³-hybridized carbons (Fsp3) is 0.889. The number of aliphatic hydroxyl groups excluding tert-OH is 1. The molecule has 0 aromatic carbocycles. The summed E-state index contributed by atoms with van der Waals surface area (Å²) >= 11 is 0. The van der Waals surface area contributed by atoms with Crippen LogP contribution in [0.3, 0.4) is 0 Å². The quantitative estimate of drug-likeness (QED) is 0.664. The van der Waals surface area contributed by atoms with Gasteiger partial charge in [-0.3, -0.25) is 4.79 Å². The zero-order valence-electron chi connectivity index (χ0n) is 7.95. The smallest absolute Gasteiger partial charge is 0.306 e. The van der Waals surface area contributed by atoms with Crippen LogP contribution < -0.4 is 0 Å². The Morgan fingerprint density at radius 1 is 1.42 bits per heavy atom. The summed E-state index contributed by atoms with van der Waals surface area (Å²) < 4.78 is 0. The first-order chi connectivity index (χ1) is 5.49. The van der Waals surface area contributed by atoms with Crippen LogP contribution in [-0.2, 0) is 4.79 Å². The number of rotatable bonds is 5. The van der Waals surface area contributed by atoms with E-state index in [4.69, 9.17) is 5.11 Å². The Kier molecular flexibility index (Phi) is 4.90. The van der Waals surface area contributed by atoms with E-state index in [0.717, 1.165) is 0 Å². The van der Waals surface area contributed by atoms with Crippen molar-refractivity contribution in [3.8, 4) is 0 Å². The van der Waals surface area contributed by atoms with Gasteiger partial charge in [0.15, 0.2) is 0 Å². The summed E-state index contributed by atoms with van der Waals surface area (Å²) in [5, 5.41) is 18.0. The summed E-state index contributed by atoms with van der Waals surface area (Å²) in [4.78, 5) is 10.7. The summed E-state index contributed by atoms with van der Waals surface area (Å²) in [6.45, 7) is 5.58. The molecule has 0 saturated carbocycles. The van der Waals surface area contributed by atoms with Crippen molar-refractivity contribution in [2.45, 2.75) is 39.7 Å². The minimum absolute atomic E-state index is 0.0868. The van der Waals surface area contributed by atoms with Gasteiger partial charge in [-0.15, -0.1) is 0 Å². The second-order valence-electron chi connectivity index (χ2n) is 3.49. The number of carbonyl (C=O) groups is 1. The lowest BCUT2D eigenvalue weighted by Crippen LogP contribution is -2.24. The highest BCUT2D eigenvalue weighted by molar-refractivity contribution is 5.70. The lowest BCUT2D eigenvalue weighted by atomic mass is 9.90. The Labute approximate surface area is 73.4 Å². The first-order valence-electron chi connectivity index (χ1n) is 4.39. The Morgan fingerprint density at radius 3 is 2.17 bits per heavy atom. The van der Waals surface area contributed by atoms with Crippen LogP contribution in [0.1, 0.15) is 33.6 Å². The van der Waals surface area contributed by atoms with E-state index in [1.54, 1.807) is 0 Å². The zero-order valence-corrected chi connectivity index (χ0v) is 7.95. The summed E-state index contributed by atoms with van der Waals surface area (Å²) in [6.07, 6.45) is 0.508. The Hall–Kier alpha value is -0.570. The van der Waals surface area contributed by atoms with Crippen LogP contribution in [0.2, 0.25) is 0 Å². The highest BCUT2D eigenvalue weighted by Gasteiger charge is 2.23. The molecule has 3 nitrogen and oxygen atoms in total. The molecule has 0 rings (SSSR count). The van der Waals surface area contributed by atoms with Crippen molar-refractivity contribution < 1.29 is 15.0 Å². The van der Waals surface area contributed by atoms with Crippen molar-refractivity contribution in [1.29, 1.82) is 0 Å². The van der Waals surface area contributed by atoms with Gasteiger partial charge in [0.25, 0.3) is 0 Å². The second kappa shape index (κ2) is 5.14. The highest BCUT2D eigenvalue weighted by atomic mass is 16.4. The van der Waals surface area contributed by atoms with Gasteiger partial charge in [0, 0.05) is 0 Å². The summed E-state index contributed by atoms with van der Waals surface area (Å²) in [5.74, 6) is -1.14. The van der Waals surface area contributed by atoms with Crippen molar-refractivity contribution in [3.05, 3.63) is 0 Å². The molecule has 0 spiro atoms. The second-order valence-corrected chi connectivity index (χ2v) is 3.49. The first kappa shape index (κ1) is 11.4. The van der Waals surface area contributed by atoms with Crippen LogP contribution in [0.25, 0.3) is 0 Å². The van der Waals surface area contributed by atoms with Crippen LogP contribution in [0.5, 0.6) is 0 Å². The molecule has 0 heterocycles. The molecular weight excluding hydrogens is 156 g/mol. The minimum Gasteiger partial charge on any atom is -0.481 e. The molecule has 0 aromatic rings. The standard InChI is InChI=1S/C9H18O3/c1-4-7(10)5-8(6(2)3)9(11)12/h6-8,10H,4-5H2,1-3H3,(H,11,12). The Morgan fingerprint density at radius 2 is 1.92 bits per heavy atom. The molecule has 72 valence electrons. The molecule has 0 fully saturated rings. The van der Waals surface area contributed by atoms with Gasteiger partial charge in [-0.05, 0) is 18.8 Å². The molecule has 0 aliphatic rings. The molecule has 2 atom stereocenters. The van der Waals surface area contributed by atoms with Gasteiger partial charge in [0.1, 0.15) is 0 Å². The summed E-state index contributed by atoms with van der Waals surface area (Å²) in [7, 11) is 0. The molecule has 0 aromatic heterocycles. The molecular formula is C9H18O3. The molecule has 0 amide bonds. The number of hydrogen-bond donors (Lipinski definition) is 2. The van der Waals surface area contributed by atoms with E-state index in [-0.39, 0.29) is 5.92 Å². The summed E-state index contributed by atoms with van der Waals surface area (Å²) in [6, 6.07) is 0. The number of carboxylic acids is 1. The third-order valence-corrected chi connectivity index (χ3v) is 2.12. The zero-order chi connectivity index (χ0) is 9.72. The third kappa shape index (κ3) is 3.72. The topological polar surface area (TPSA) is 57.5 Å². The maximum absolute atomic E-state index is 10.7. The van der Waals surface area contributed by atoms with Gasteiger partial charge >= 0.3 is 5.97 Å². The van der Waals surface area contributed by atoms with Crippen molar-refractivity contribution in [1.82, 2.24) is 0 Å². The first-order valence-corrected chi connectivity index (χ1v) is 4.39. The van der Waals surface area contributed by atoms with E-state index in [9.17, 15) is 9.90 Å². The van der Waals surface area contributed by atoms with E-state index in [1.165, 1.54) is 0 Å². The van der Waals surface area contributed by atoms with Crippen LogP contribution in [-0.4, -0.2) is 22.3 Å². The van der Waals surface area contributed by atoms with Crippen LogP contribution in [0.4, 0.5) is 0 Å². The molecule has 0 bridgehead atoms. The number of aliphatic carboxylic acids is 1. The van der Waals surface area contributed by atoms with Gasteiger partial charge in [-0.2, -0.15) is 0 Å². The fourth-order valence-corrected chi connectivity index (χ4v) is 1.12. The van der Waals surface area contributed by atoms with Crippen molar-refractivity contribution >= 4 is 5.97 Å². The maximum Gasteiger partial charge on any atom is 0.306 e. The number of carboxylic acid groups (broad SMARTS) is 1. The molecule has 0 aliphatic heterocycles. The maximum atomic E-state index is 10.7. The molecule has 0 aliphatic carbocycles. The van der Waals surface area contributed by atoms with Gasteiger partial charge in [-0.1, -0.05) is 20.8 Å². The van der Waals surface area contributed by atoms with E-state index in [1.807, 2.05) is 20.8 Å². The SMILES string of the molecule is CCC(O)CC(C(=O)O)C(C)C. The molecule has 2 unspecified atom stereocenters. The van der Waals surface area contributed by atoms with Gasteiger partial charge in [0.05, 0.1) is 12.0 Å². The Balaban J connectivity index is 4.05. The molecule has 3 heteroatoms. The van der Waals surface area contributed by atoms with Gasteiger partial charge in [-0.25, -0.2) is 0 Å². The summed E-state index contributed by atoms with van der Waals surface area (Å²) in [5.41, 5.74) is 0. The molecule has 0 saturated heterocycles. The predicted octanol–water partition coefficient (Wildman–Crippen LogP) is 1.50. The minimum atomic E-state index is -0.808. The molecule has 0 radical (unpaired) electrons. The van der Waals surface area contributed by atoms with Crippen LogP contribution in [0, 0.1) is 11.8 Å². The van der Waals surface area contributed by atoms with Crippen LogP contribution >= 0.6 is 0 Å². The van der Waals surface area contributed by atoms with Crippen molar-refractivity contribution in [3.63, 3.8) is 0 Å². The van der Waals surface area contributed by atoms with Gasteiger partial charge in [0.2, 0.25) is 0 Å². The monoisotopic (exact) mass is 174 g/mol. The number of hydrogen-bond acceptors (Lipinski definition) is 2. The molecule has 2 N–H and O–H groups in total. The third-order valence-electron chi connectivity index (χ3n) is 2.12. The lowest BCUT2D eigenvalue weighted by molar-refractivity contribution is -0.144. The normalized spacial score (nSPS) is 16.1. The average molecular weight is 174 g/mol. The number of aliphatic hydroxyl groups is 1. The fourth-order valence-electron chi connectivity index (χ4n) is 1.12. The van der Waals surface area contributed by atoms with E-state index >= 15 is 0 Å². The molecule has 12 heavy (non-hydrogen) atoms. The van der Waals surface area contributed by atoms with Crippen LogP contribution in [0.15, 0.2) is 0 Å². The van der Waals surface area contributed by atoms with E-state index in [2.05, 4.69) is 0 Å². The Bertz CT molecular complexity index is 143.